The molecule has 2 heterocycles. The predicted octanol–water partition coefficient (Wildman–Crippen LogP) is 1.93. The van der Waals surface area contributed by atoms with Crippen LogP contribution in [-0.2, 0) is 16.6 Å². The summed E-state index contributed by atoms with van der Waals surface area (Å²) in [6, 6.07) is -1.79. The van der Waals surface area contributed by atoms with Crippen LogP contribution < -0.4 is 9.47 Å². The third kappa shape index (κ3) is 1.27. The van der Waals surface area contributed by atoms with E-state index in [1.165, 1.54) is 7.11 Å². The summed E-state index contributed by atoms with van der Waals surface area (Å²) in [5.41, 5.74) is -0.253. The molecule has 2 aliphatic heterocycles. The molecule has 5 rings (SSSR count). The van der Waals surface area contributed by atoms with Gasteiger partial charge in [0.1, 0.15) is 0 Å². The zero-order chi connectivity index (χ0) is 20.4. The van der Waals surface area contributed by atoms with E-state index >= 15 is 0 Å². The molecule has 2 fully saturated rings. The molecule has 0 aromatic heterocycles. The van der Waals surface area contributed by atoms with Crippen LogP contribution in [0.3, 0.4) is 0 Å². The number of carbonyl (C=O) groups is 1. The van der Waals surface area contributed by atoms with E-state index in [1.807, 2.05) is 0 Å². The van der Waals surface area contributed by atoms with E-state index in [0.29, 0.717) is 24.1 Å². The van der Waals surface area contributed by atoms with Crippen LogP contribution >= 0.6 is 0 Å². The summed E-state index contributed by atoms with van der Waals surface area (Å²) < 4.78 is 63.4. The lowest BCUT2D eigenvalue weighted by Gasteiger charge is -2.57. The second kappa shape index (κ2) is 4.05. The van der Waals surface area contributed by atoms with Crippen molar-refractivity contribution in [2.24, 2.45) is 5.89 Å². The fourth-order valence-electron chi connectivity index (χ4n) is 4.61. The highest BCUT2D eigenvalue weighted by atomic mass is 16.5. The molecular formula is C18H21NO3. The van der Waals surface area contributed by atoms with Gasteiger partial charge in [0.05, 0.1) is 9.85 Å². The molecule has 1 aromatic rings. The van der Waals surface area contributed by atoms with Gasteiger partial charge in [-0.15, -0.1) is 0 Å². The number of piperidine rings is 1. The third-order valence-corrected chi connectivity index (χ3v) is 5.61. The van der Waals surface area contributed by atoms with Crippen LogP contribution in [0.25, 0.3) is 0 Å². The average Bonchev–Trinajstić information content (AvgIpc) is 2.95. The number of benzene rings is 1. The van der Waals surface area contributed by atoms with Crippen molar-refractivity contribution in [3.05, 3.63) is 23.2 Å². The molecule has 4 heteroatoms. The number of Topliss-reactive ketones (excluding diaryl/α,β-unsaturated/α-hetero) is 1. The smallest absolute Gasteiger partial charge is 0.174 e. The van der Waals surface area contributed by atoms with Crippen LogP contribution in [0.15, 0.2) is 12.1 Å². The number of ketones is 1. The van der Waals surface area contributed by atoms with Crippen molar-refractivity contribution >= 4 is 5.78 Å². The summed E-state index contributed by atoms with van der Waals surface area (Å²) in [6.45, 7) is 0.456. The summed E-state index contributed by atoms with van der Waals surface area (Å²) in [6.07, 6.45) is -3.59. The lowest BCUT2D eigenvalue weighted by molar-refractivity contribution is -0.138. The standard InChI is InChI=1S/C18H21NO3/c1-19-8-7-18-11-4-5-13(20)17(18)22-16-14(21-2)6-3-10(15(16)18)9-12(11)19/h3,6,11-12,17H,4-5,7-9H2,1-2H3/t11-,12+,17?,18-/m0/s1/i3D,5D2,6D,11D,12D. The molecule has 2 aliphatic carbocycles. The third-order valence-electron chi connectivity index (χ3n) is 5.61. The number of methoxy groups -OCH3 is 1. The summed E-state index contributed by atoms with van der Waals surface area (Å²) in [4.78, 5) is 14.8. The Morgan fingerprint density at radius 3 is 3.27 bits per heavy atom. The topological polar surface area (TPSA) is 38.8 Å². The van der Waals surface area contributed by atoms with Gasteiger partial charge in [0.25, 0.3) is 0 Å². The van der Waals surface area contributed by atoms with Gasteiger partial charge in [0, 0.05) is 28.9 Å². The lowest BCUT2D eigenvalue weighted by atomic mass is 9.52. The highest BCUT2D eigenvalue weighted by Crippen LogP contribution is 2.62. The fourth-order valence-corrected chi connectivity index (χ4v) is 4.61. The molecule has 116 valence electrons. The Bertz CT molecular complexity index is 954. The van der Waals surface area contributed by atoms with Gasteiger partial charge in [0.15, 0.2) is 23.4 Å². The largest absolute Gasteiger partial charge is 0.493 e. The van der Waals surface area contributed by atoms with Crippen LogP contribution in [0.2, 0.25) is 0 Å². The Balaban J connectivity index is 1.94. The van der Waals surface area contributed by atoms with Crippen LogP contribution in [-0.4, -0.2) is 43.5 Å². The molecule has 2 bridgehead atoms. The molecule has 1 saturated carbocycles. The van der Waals surface area contributed by atoms with Crippen molar-refractivity contribution in [2.75, 3.05) is 20.7 Å². The molecule has 1 spiro atoms. The molecule has 0 N–H and O–H groups in total. The van der Waals surface area contributed by atoms with E-state index in [0.717, 1.165) is 0 Å². The Hall–Kier alpha value is -1.55. The van der Waals surface area contributed by atoms with Gasteiger partial charge < -0.3 is 14.4 Å². The first kappa shape index (κ1) is 8.34. The molecular weight excluding hydrogens is 278 g/mol. The van der Waals surface area contributed by atoms with Crippen molar-refractivity contribution in [3.63, 3.8) is 0 Å². The molecule has 0 radical (unpaired) electrons. The van der Waals surface area contributed by atoms with Gasteiger partial charge in [-0.2, -0.15) is 0 Å². The maximum absolute atomic E-state index is 13.1. The summed E-state index contributed by atoms with van der Waals surface area (Å²) in [5, 5.41) is 0. The average molecular weight is 305 g/mol. The molecule has 4 atom stereocenters. The van der Waals surface area contributed by atoms with Crippen molar-refractivity contribution in [1.82, 2.24) is 4.90 Å². The molecule has 22 heavy (non-hydrogen) atoms. The Morgan fingerprint density at radius 1 is 1.59 bits per heavy atom. The Morgan fingerprint density at radius 2 is 2.45 bits per heavy atom. The number of likely N-dealkylation sites (N-methyl/N-ethyl adjacent to an activating group) is 1. The van der Waals surface area contributed by atoms with Crippen LogP contribution in [0, 0.1) is 5.89 Å². The molecule has 1 unspecified atom stereocenters. The van der Waals surface area contributed by atoms with Crippen LogP contribution in [0.1, 0.15) is 38.6 Å². The maximum atomic E-state index is 13.1. The number of ether oxygens (including phenoxy) is 2. The molecule has 1 aromatic carbocycles. The number of likely N-dealkylation sites (tertiary alicyclic amines) is 1. The van der Waals surface area contributed by atoms with E-state index < -0.39 is 42.0 Å². The first-order chi connectivity index (χ1) is 13.0. The molecule has 1 saturated heterocycles. The minimum atomic E-state index is -2.29. The molecule has 4 aliphatic rings. The quantitative estimate of drug-likeness (QED) is 0.795. The Labute approximate surface area is 138 Å². The van der Waals surface area contributed by atoms with Gasteiger partial charge >= 0.3 is 0 Å². The SMILES string of the molecule is [2H]c1c([2H])c(OC)c2c3c1C[C@@]1([2H])N(C)CC[C@@]34C(O2)C(=O)C([2H])([2H])C[C@]41[2H]. The number of hydrogen-bond donors (Lipinski definition) is 0. The summed E-state index contributed by atoms with van der Waals surface area (Å²) >= 11 is 0. The second-order valence-corrected chi connectivity index (χ2v) is 6.43. The first-order valence-electron chi connectivity index (χ1n) is 10.6. The number of rotatable bonds is 1. The minimum absolute atomic E-state index is 0.00609. The van der Waals surface area contributed by atoms with Crippen molar-refractivity contribution in [3.8, 4) is 11.5 Å². The number of hydrogen-bond acceptors (Lipinski definition) is 4. The van der Waals surface area contributed by atoms with E-state index in [1.54, 1.807) is 11.9 Å². The van der Waals surface area contributed by atoms with Gasteiger partial charge in [-0.3, -0.25) is 4.79 Å². The highest BCUT2D eigenvalue weighted by molar-refractivity contribution is 5.89. The van der Waals surface area contributed by atoms with E-state index in [-0.39, 0.29) is 30.0 Å². The van der Waals surface area contributed by atoms with Gasteiger partial charge in [0.2, 0.25) is 0 Å². The fraction of sp³-hybridized carbons (Fsp3) is 0.611. The normalized spacial score (nSPS) is 51.4. The number of carbonyl (C=O) groups excluding carboxylic acids is 1. The first-order valence-corrected chi connectivity index (χ1v) is 7.59. The Kier molecular flexibility index (Phi) is 1.53. The van der Waals surface area contributed by atoms with Crippen molar-refractivity contribution in [1.29, 1.82) is 0 Å². The van der Waals surface area contributed by atoms with Gasteiger partial charge in [-0.1, -0.05) is 6.04 Å². The molecule has 0 amide bonds. The predicted molar refractivity (Wildman–Crippen MR) is 81.6 cm³/mol. The van der Waals surface area contributed by atoms with Crippen molar-refractivity contribution in [2.45, 2.75) is 43.2 Å². The van der Waals surface area contributed by atoms with Gasteiger partial charge in [-0.25, -0.2) is 0 Å². The monoisotopic (exact) mass is 305 g/mol. The summed E-state index contributed by atoms with van der Waals surface area (Å²) in [5.74, 6) is -2.15. The van der Waals surface area contributed by atoms with Crippen LogP contribution in [0.4, 0.5) is 0 Å². The summed E-state index contributed by atoms with van der Waals surface area (Å²) in [7, 11) is 3.09. The van der Waals surface area contributed by atoms with E-state index in [4.69, 9.17) is 15.0 Å². The lowest BCUT2D eigenvalue weighted by Crippen LogP contribution is -2.65. The second-order valence-electron chi connectivity index (χ2n) is 6.43. The minimum Gasteiger partial charge on any atom is -0.493 e. The van der Waals surface area contributed by atoms with E-state index in [9.17, 15) is 7.54 Å². The van der Waals surface area contributed by atoms with Crippen LogP contribution in [0.5, 0.6) is 11.5 Å². The zero-order valence-electron chi connectivity index (χ0n) is 18.6. The maximum Gasteiger partial charge on any atom is 0.174 e. The van der Waals surface area contributed by atoms with E-state index in [2.05, 4.69) is 0 Å². The van der Waals surface area contributed by atoms with Gasteiger partial charge in [-0.05, 0) is 50.4 Å². The highest BCUT2D eigenvalue weighted by Gasteiger charge is 2.65. The molecule has 4 nitrogen and oxygen atoms in total. The number of nitrogens with zero attached hydrogens (tertiary/aromatic N) is 1. The van der Waals surface area contributed by atoms with Crippen molar-refractivity contribution < 1.29 is 22.5 Å². The zero-order valence-corrected chi connectivity index (χ0v) is 12.6.